The van der Waals surface area contributed by atoms with Gasteiger partial charge in [0.15, 0.2) is 5.96 Å². The van der Waals surface area contributed by atoms with Crippen molar-refractivity contribution in [1.82, 2.24) is 25.1 Å². The van der Waals surface area contributed by atoms with Gasteiger partial charge in [-0.1, -0.05) is 30.3 Å². The lowest BCUT2D eigenvalue weighted by Gasteiger charge is -2.27. The molecule has 0 radical (unpaired) electrons. The maximum atomic E-state index is 4.88. The topological polar surface area (TPSA) is 57.5 Å². The van der Waals surface area contributed by atoms with E-state index in [0.717, 1.165) is 32.1 Å². The number of rotatable bonds is 8. The Hall–Kier alpha value is -2.34. The monoisotopic (exact) mass is 354 g/mol. The van der Waals surface area contributed by atoms with Crippen molar-refractivity contribution in [1.29, 1.82) is 0 Å². The van der Waals surface area contributed by atoms with E-state index >= 15 is 0 Å². The van der Waals surface area contributed by atoms with Gasteiger partial charge in [-0.05, 0) is 38.4 Å². The standard InChI is InChI=1S/C20H30N6/c1-2-22-20(23-11-15-25-14-10-21-17-25)24-16-19(26-12-6-7-13-26)18-8-4-3-5-9-18/h3-5,8-10,14,17,19H,2,6-7,11-13,15-16H2,1H3,(H2,22,23,24). The Morgan fingerprint density at radius 3 is 2.69 bits per heavy atom. The van der Waals surface area contributed by atoms with Crippen LogP contribution < -0.4 is 10.6 Å². The van der Waals surface area contributed by atoms with Crippen molar-refractivity contribution >= 4 is 5.96 Å². The van der Waals surface area contributed by atoms with Gasteiger partial charge >= 0.3 is 0 Å². The maximum Gasteiger partial charge on any atom is 0.191 e. The predicted molar refractivity (Wildman–Crippen MR) is 106 cm³/mol. The molecule has 1 aliphatic rings. The molecule has 2 aromatic rings. The van der Waals surface area contributed by atoms with Gasteiger partial charge in [-0.2, -0.15) is 0 Å². The second-order valence-corrected chi connectivity index (χ2v) is 6.62. The minimum atomic E-state index is 0.350. The van der Waals surface area contributed by atoms with Crippen molar-refractivity contribution in [2.75, 3.05) is 32.7 Å². The van der Waals surface area contributed by atoms with Crippen molar-refractivity contribution in [2.45, 2.75) is 32.4 Å². The summed E-state index contributed by atoms with van der Waals surface area (Å²) in [6, 6.07) is 11.1. The van der Waals surface area contributed by atoms with Crippen LogP contribution in [0.15, 0.2) is 54.0 Å². The van der Waals surface area contributed by atoms with Crippen LogP contribution in [0.25, 0.3) is 0 Å². The number of aliphatic imine (C=N–C) groups is 1. The Labute approximate surface area is 156 Å². The average molecular weight is 355 g/mol. The van der Waals surface area contributed by atoms with Gasteiger partial charge in [0.05, 0.1) is 18.9 Å². The lowest BCUT2D eigenvalue weighted by molar-refractivity contribution is 0.251. The van der Waals surface area contributed by atoms with Crippen LogP contribution in [0.1, 0.15) is 31.4 Å². The van der Waals surface area contributed by atoms with Gasteiger partial charge in [0.2, 0.25) is 0 Å². The lowest BCUT2D eigenvalue weighted by Crippen LogP contribution is -2.39. The zero-order valence-corrected chi connectivity index (χ0v) is 15.6. The molecular formula is C20H30N6. The van der Waals surface area contributed by atoms with Gasteiger partial charge in [0.25, 0.3) is 0 Å². The molecule has 0 spiro atoms. The summed E-state index contributed by atoms with van der Waals surface area (Å²) in [6.07, 6.45) is 8.20. The molecule has 2 N–H and O–H groups in total. The van der Waals surface area contributed by atoms with E-state index in [2.05, 4.69) is 62.3 Å². The molecule has 0 aliphatic carbocycles. The first kappa shape index (κ1) is 18.5. The maximum absolute atomic E-state index is 4.88. The quantitative estimate of drug-likeness (QED) is 0.564. The number of hydrogen-bond acceptors (Lipinski definition) is 3. The summed E-state index contributed by atoms with van der Waals surface area (Å²) in [6.45, 7) is 7.75. The number of aromatic nitrogens is 2. The van der Waals surface area contributed by atoms with E-state index < -0.39 is 0 Å². The van der Waals surface area contributed by atoms with Crippen molar-refractivity contribution in [2.24, 2.45) is 4.99 Å². The van der Waals surface area contributed by atoms with Crippen LogP contribution in [0.5, 0.6) is 0 Å². The Morgan fingerprint density at radius 2 is 2.00 bits per heavy atom. The second-order valence-electron chi connectivity index (χ2n) is 6.62. The highest BCUT2D eigenvalue weighted by atomic mass is 15.2. The van der Waals surface area contributed by atoms with Crippen molar-refractivity contribution in [3.05, 3.63) is 54.6 Å². The number of benzene rings is 1. The SMILES string of the molecule is CCNC(=NCC(c1ccccc1)N1CCCC1)NCCn1ccnc1. The van der Waals surface area contributed by atoms with Gasteiger partial charge in [0, 0.05) is 32.0 Å². The molecule has 0 bridgehead atoms. The third-order valence-electron chi connectivity index (χ3n) is 4.75. The van der Waals surface area contributed by atoms with Gasteiger partial charge in [-0.15, -0.1) is 0 Å². The summed E-state index contributed by atoms with van der Waals surface area (Å²) in [5.41, 5.74) is 1.35. The van der Waals surface area contributed by atoms with Gasteiger partial charge in [-0.3, -0.25) is 9.89 Å². The van der Waals surface area contributed by atoms with Gasteiger partial charge in [0.1, 0.15) is 0 Å². The molecule has 1 fully saturated rings. The highest BCUT2D eigenvalue weighted by molar-refractivity contribution is 5.79. The zero-order valence-electron chi connectivity index (χ0n) is 15.6. The summed E-state index contributed by atoms with van der Waals surface area (Å²) in [7, 11) is 0. The predicted octanol–water partition coefficient (Wildman–Crippen LogP) is 2.28. The number of nitrogens with zero attached hydrogens (tertiary/aromatic N) is 4. The Kier molecular flexibility index (Phi) is 7.07. The van der Waals surface area contributed by atoms with E-state index in [0.29, 0.717) is 6.04 Å². The Balaban J connectivity index is 1.62. The molecule has 0 amide bonds. The first-order valence-electron chi connectivity index (χ1n) is 9.63. The normalized spacial score (nSPS) is 16.6. The summed E-state index contributed by atoms with van der Waals surface area (Å²) < 4.78 is 2.06. The first-order valence-corrected chi connectivity index (χ1v) is 9.63. The van der Waals surface area contributed by atoms with Gasteiger partial charge < -0.3 is 15.2 Å². The molecule has 1 aromatic carbocycles. The van der Waals surface area contributed by atoms with Crippen LogP contribution in [-0.2, 0) is 6.54 Å². The number of nitrogens with one attached hydrogen (secondary N) is 2. The van der Waals surface area contributed by atoms with Crippen LogP contribution in [0.2, 0.25) is 0 Å². The second kappa shape index (κ2) is 9.97. The fourth-order valence-electron chi connectivity index (χ4n) is 3.40. The molecule has 1 saturated heterocycles. The van der Waals surface area contributed by atoms with Crippen LogP contribution in [0.4, 0.5) is 0 Å². The van der Waals surface area contributed by atoms with Crippen molar-refractivity contribution in [3.8, 4) is 0 Å². The summed E-state index contributed by atoms with van der Waals surface area (Å²) >= 11 is 0. The lowest BCUT2D eigenvalue weighted by atomic mass is 10.1. The van der Waals surface area contributed by atoms with E-state index in [1.165, 1.54) is 31.5 Å². The smallest absolute Gasteiger partial charge is 0.191 e. The van der Waals surface area contributed by atoms with Crippen molar-refractivity contribution < 1.29 is 0 Å². The fraction of sp³-hybridized carbons (Fsp3) is 0.500. The summed E-state index contributed by atoms with van der Waals surface area (Å²) in [4.78, 5) is 11.5. The van der Waals surface area contributed by atoms with Gasteiger partial charge in [-0.25, -0.2) is 4.98 Å². The molecule has 1 aromatic heterocycles. The number of likely N-dealkylation sites (tertiary alicyclic amines) is 1. The molecule has 1 unspecified atom stereocenters. The largest absolute Gasteiger partial charge is 0.357 e. The average Bonchev–Trinajstić information content (AvgIpc) is 3.37. The molecule has 3 rings (SSSR count). The van der Waals surface area contributed by atoms with E-state index in [4.69, 9.17) is 4.99 Å². The highest BCUT2D eigenvalue weighted by Gasteiger charge is 2.23. The number of guanidine groups is 1. The van der Waals surface area contributed by atoms with Crippen molar-refractivity contribution in [3.63, 3.8) is 0 Å². The van der Waals surface area contributed by atoms with Crippen LogP contribution in [0, 0.1) is 0 Å². The Morgan fingerprint density at radius 1 is 1.19 bits per heavy atom. The minimum absolute atomic E-state index is 0.350. The highest BCUT2D eigenvalue weighted by Crippen LogP contribution is 2.25. The van der Waals surface area contributed by atoms with E-state index in [1.54, 1.807) is 6.20 Å². The zero-order chi connectivity index (χ0) is 18.0. The van der Waals surface area contributed by atoms with Crippen LogP contribution >= 0.6 is 0 Å². The molecule has 6 nitrogen and oxygen atoms in total. The summed E-state index contributed by atoms with van der Waals surface area (Å²) in [5.74, 6) is 0.882. The third kappa shape index (κ3) is 5.33. The molecule has 0 saturated carbocycles. The molecule has 1 atom stereocenters. The number of hydrogen-bond donors (Lipinski definition) is 2. The molecule has 26 heavy (non-hydrogen) atoms. The number of imidazole rings is 1. The Bertz CT molecular complexity index is 646. The van der Waals surface area contributed by atoms with E-state index in [9.17, 15) is 0 Å². The molecule has 2 heterocycles. The molecule has 1 aliphatic heterocycles. The molecular weight excluding hydrogens is 324 g/mol. The van der Waals surface area contributed by atoms with E-state index in [-0.39, 0.29) is 0 Å². The fourth-order valence-corrected chi connectivity index (χ4v) is 3.40. The first-order chi connectivity index (χ1) is 12.9. The summed E-state index contributed by atoms with van der Waals surface area (Å²) in [5, 5.41) is 6.78. The molecule has 140 valence electrons. The minimum Gasteiger partial charge on any atom is -0.357 e. The van der Waals surface area contributed by atoms with Crippen LogP contribution in [0.3, 0.4) is 0 Å². The van der Waals surface area contributed by atoms with E-state index in [1.807, 2.05) is 12.5 Å². The third-order valence-corrected chi connectivity index (χ3v) is 4.75. The van der Waals surface area contributed by atoms with Crippen LogP contribution in [-0.4, -0.2) is 53.1 Å². The molecule has 6 heteroatoms.